The van der Waals surface area contributed by atoms with E-state index in [4.69, 9.17) is 23.2 Å². The van der Waals surface area contributed by atoms with E-state index in [1.165, 1.54) is 54.3 Å². The van der Waals surface area contributed by atoms with Crippen molar-refractivity contribution in [2.75, 3.05) is 17.4 Å². The van der Waals surface area contributed by atoms with Crippen LogP contribution < -0.4 is 9.62 Å². The summed E-state index contributed by atoms with van der Waals surface area (Å²) in [6.45, 7) is 2.57. The number of nitro benzene ring substituents is 1. The third kappa shape index (κ3) is 7.05. The molecule has 0 aromatic heterocycles. The predicted molar refractivity (Wildman–Crippen MR) is 149 cm³/mol. The second kappa shape index (κ2) is 12.9. The van der Waals surface area contributed by atoms with Crippen LogP contribution in [0.15, 0.2) is 77.7 Å². The van der Waals surface area contributed by atoms with Crippen molar-refractivity contribution in [1.29, 1.82) is 0 Å². The Morgan fingerprint density at radius 2 is 1.62 bits per heavy atom. The highest BCUT2D eigenvalue weighted by Crippen LogP contribution is 2.29. The van der Waals surface area contributed by atoms with E-state index in [0.29, 0.717) is 12.1 Å². The Kier molecular flexibility index (Phi) is 9.90. The Labute approximate surface area is 236 Å². The van der Waals surface area contributed by atoms with E-state index in [0.717, 1.165) is 10.4 Å². The number of nitrogens with one attached hydrogen (secondary N) is 1. The molecule has 0 aliphatic heterocycles. The molecule has 3 aromatic rings. The maximum Gasteiger partial charge on any atom is 0.271 e. The van der Waals surface area contributed by atoms with Crippen LogP contribution in [0.5, 0.6) is 0 Å². The van der Waals surface area contributed by atoms with Gasteiger partial charge in [0.15, 0.2) is 0 Å². The lowest BCUT2D eigenvalue weighted by molar-refractivity contribution is -0.384. The summed E-state index contributed by atoms with van der Waals surface area (Å²) in [6, 6.07) is 16.1. The highest BCUT2D eigenvalue weighted by molar-refractivity contribution is 7.92. The Morgan fingerprint density at radius 1 is 1.00 bits per heavy atom. The fraction of sp³-hybridized carbons (Fsp3) is 0.231. The predicted octanol–water partition coefficient (Wildman–Crippen LogP) is 4.65. The van der Waals surface area contributed by atoms with Crippen LogP contribution in [0.1, 0.15) is 19.4 Å². The zero-order valence-corrected chi connectivity index (χ0v) is 23.4. The molecule has 3 aromatic carbocycles. The number of sulfonamides is 1. The van der Waals surface area contributed by atoms with Crippen LogP contribution >= 0.6 is 23.2 Å². The molecule has 39 heavy (non-hydrogen) atoms. The van der Waals surface area contributed by atoms with Crippen LogP contribution in [-0.4, -0.2) is 49.2 Å². The summed E-state index contributed by atoms with van der Waals surface area (Å²) in [7, 11) is -4.36. The lowest BCUT2D eigenvalue weighted by atomic mass is 10.1. The normalized spacial score (nSPS) is 11.9. The van der Waals surface area contributed by atoms with Crippen molar-refractivity contribution in [1.82, 2.24) is 10.2 Å². The maximum absolute atomic E-state index is 13.8. The molecular weight excluding hydrogens is 567 g/mol. The van der Waals surface area contributed by atoms with Gasteiger partial charge in [0, 0.05) is 40.8 Å². The van der Waals surface area contributed by atoms with Gasteiger partial charge in [0.05, 0.1) is 15.5 Å². The summed E-state index contributed by atoms with van der Waals surface area (Å²) in [5.74, 6) is -1.22. The molecular formula is C26H26Cl2N4O6S. The molecule has 0 aliphatic rings. The first kappa shape index (κ1) is 29.9. The number of nitro groups is 1. The third-order valence-corrected chi connectivity index (χ3v) is 8.34. The number of rotatable bonds is 11. The van der Waals surface area contributed by atoms with Crippen molar-refractivity contribution >= 4 is 56.4 Å². The first-order valence-electron chi connectivity index (χ1n) is 11.8. The highest BCUT2D eigenvalue weighted by Gasteiger charge is 2.33. The van der Waals surface area contributed by atoms with Gasteiger partial charge in [0.1, 0.15) is 12.6 Å². The molecule has 1 N–H and O–H groups in total. The van der Waals surface area contributed by atoms with E-state index in [-0.39, 0.29) is 32.9 Å². The molecule has 2 amide bonds. The maximum atomic E-state index is 13.8. The molecule has 3 rings (SSSR count). The van der Waals surface area contributed by atoms with Crippen molar-refractivity contribution < 1.29 is 22.9 Å². The zero-order chi connectivity index (χ0) is 28.7. The van der Waals surface area contributed by atoms with E-state index in [1.807, 2.05) is 0 Å². The van der Waals surface area contributed by atoms with Crippen molar-refractivity contribution in [2.45, 2.75) is 31.3 Å². The SMILES string of the molecule is CCNC(=O)C(C)N(Cc1c(Cl)cccc1Cl)C(=O)CN(c1cccc([N+](=O)[O-])c1)S(=O)(=O)c1ccccc1. The highest BCUT2D eigenvalue weighted by atomic mass is 35.5. The van der Waals surface area contributed by atoms with Crippen LogP contribution in [0.25, 0.3) is 0 Å². The number of benzene rings is 3. The number of amides is 2. The van der Waals surface area contributed by atoms with Crippen molar-refractivity contribution in [3.63, 3.8) is 0 Å². The topological polar surface area (TPSA) is 130 Å². The molecule has 1 atom stereocenters. The number of halogens is 2. The minimum absolute atomic E-state index is 0.0946. The number of hydrogen-bond donors (Lipinski definition) is 1. The minimum Gasteiger partial charge on any atom is -0.355 e. The Hall–Kier alpha value is -3.67. The van der Waals surface area contributed by atoms with E-state index in [1.54, 1.807) is 31.2 Å². The van der Waals surface area contributed by atoms with Crippen molar-refractivity contribution in [3.05, 3.63) is 98.5 Å². The van der Waals surface area contributed by atoms with Crippen LogP contribution in [-0.2, 0) is 26.2 Å². The molecule has 0 radical (unpaired) electrons. The van der Waals surface area contributed by atoms with E-state index in [2.05, 4.69) is 5.32 Å². The van der Waals surface area contributed by atoms with Gasteiger partial charge in [-0.05, 0) is 44.2 Å². The first-order chi connectivity index (χ1) is 18.5. The van der Waals surface area contributed by atoms with Gasteiger partial charge in [-0.25, -0.2) is 8.42 Å². The number of carbonyl (C=O) groups excluding carboxylic acids is 2. The largest absolute Gasteiger partial charge is 0.355 e. The Morgan fingerprint density at radius 3 is 2.21 bits per heavy atom. The van der Waals surface area contributed by atoms with Crippen LogP contribution in [0.3, 0.4) is 0 Å². The molecule has 0 spiro atoms. The van der Waals surface area contributed by atoms with Crippen LogP contribution in [0, 0.1) is 10.1 Å². The Bertz CT molecular complexity index is 1450. The standard InChI is InChI=1S/C26H26Cl2N4O6S/c1-3-29-26(34)18(2)30(16-22-23(27)13-8-14-24(22)28)25(33)17-31(19-9-7-10-20(15-19)32(35)36)39(37,38)21-11-5-4-6-12-21/h4-15,18H,3,16-17H2,1-2H3,(H,29,34). The van der Waals surface area contributed by atoms with Crippen molar-refractivity contribution in [2.24, 2.45) is 0 Å². The number of carbonyl (C=O) groups is 2. The number of hydrogen-bond acceptors (Lipinski definition) is 6. The van der Waals surface area contributed by atoms with Gasteiger partial charge < -0.3 is 10.2 Å². The Balaban J connectivity index is 2.10. The summed E-state index contributed by atoms with van der Waals surface area (Å²) in [5, 5.41) is 14.6. The third-order valence-electron chi connectivity index (χ3n) is 5.85. The first-order valence-corrected chi connectivity index (χ1v) is 14.0. The fourth-order valence-corrected chi connectivity index (χ4v) is 5.71. The summed E-state index contributed by atoms with van der Waals surface area (Å²) in [6.07, 6.45) is 0. The van der Waals surface area contributed by atoms with Crippen LogP contribution in [0.4, 0.5) is 11.4 Å². The monoisotopic (exact) mass is 592 g/mol. The fourth-order valence-electron chi connectivity index (χ4n) is 3.77. The molecule has 0 aliphatic carbocycles. The summed E-state index contributed by atoms with van der Waals surface area (Å²) < 4.78 is 28.2. The van der Waals surface area contributed by atoms with E-state index < -0.39 is 39.3 Å². The van der Waals surface area contributed by atoms with Crippen molar-refractivity contribution in [3.8, 4) is 0 Å². The average Bonchev–Trinajstić information content (AvgIpc) is 2.91. The second-order valence-corrected chi connectivity index (χ2v) is 11.1. The molecule has 0 saturated heterocycles. The number of likely N-dealkylation sites (N-methyl/N-ethyl adjacent to an activating group) is 1. The smallest absolute Gasteiger partial charge is 0.271 e. The average molecular weight is 593 g/mol. The molecule has 0 bridgehead atoms. The second-order valence-electron chi connectivity index (χ2n) is 8.39. The van der Waals surface area contributed by atoms with E-state index >= 15 is 0 Å². The van der Waals surface area contributed by atoms with Gasteiger partial charge >= 0.3 is 0 Å². The molecule has 0 saturated carbocycles. The van der Waals surface area contributed by atoms with Gasteiger partial charge in [-0.15, -0.1) is 0 Å². The van der Waals surface area contributed by atoms with Gasteiger partial charge in [-0.3, -0.25) is 24.0 Å². The van der Waals surface area contributed by atoms with Gasteiger partial charge in [0.2, 0.25) is 11.8 Å². The summed E-state index contributed by atoms with van der Waals surface area (Å²) in [5.41, 5.74) is -0.0791. The molecule has 0 heterocycles. The lowest BCUT2D eigenvalue weighted by Crippen LogP contribution is -2.51. The number of anilines is 1. The lowest BCUT2D eigenvalue weighted by Gasteiger charge is -2.32. The zero-order valence-electron chi connectivity index (χ0n) is 21.1. The van der Waals surface area contributed by atoms with Gasteiger partial charge in [0.25, 0.3) is 15.7 Å². The summed E-state index contributed by atoms with van der Waals surface area (Å²) >= 11 is 12.7. The molecule has 1 unspecified atom stereocenters. The quantitative estimate of drug-likeness (QED) is 0.255. The summed E-state index contributed by atoms with van der Waals surface area (Å²) in [4.78, 5) is 38.4. The van der Waals surface area contributed by atoms with E-state index in [9.17, 15) is 28.1 Å². The van der Waals surface area contributed by atoms with Gasteiger partial charge in [-0.2, -0.15) is 0 Å². The molecule has 13 heteroatoms. The minimum atomic E-state index is -4.36. The van der Waals surface area contributed by atoms with Crippen LogP contribution in [0.2, 0.25) is 10.0 Å². The molecule has 206 valence electrons. The number of non-ortho nitro benzene ring substituents is 1. The molecule has 0 fully saturated rings. The number of nitrogens with zero attached hydrogens (tertiary/aromatic N) is 3. The molecule has 10 nitrogen and oxygen atoms in total. The van der Waals surface area contributed by atoms with Gasteiger partial charge in [-0.1, -0.05) is 53.5 Å².